The molecule has 0 radical (unpaired) electrons. The first-order chi connectivity index (χ1) is 9.50. The number of hydrogen-bond acceptors (Lipinski definition) is 1. The SMILES string of the molecule is CC(C)(C)c1ccc(/C(=C\F)C[NH+]2CCOCC2)cc1.[Cl-]. The van der Waals surface area contributed by atoms with Crippen molar-refractivity contribution < 1.29 is 26.4 Å². The molecule has 2 rings (SSSR count). The molecule has 0 aromatic heterocycles. The summed E-state index contributed by atoms with van der Waals surface area (Å²) < 4.78 is 18.6. The number of halogens is 2. The lowest BCUT2D eigenvalue weighted by Gasteiger charge is -2.25. The van der Waals surface area contributed by atoms with Gasteiger partial charge in [-0.05, 0) is 16.5 Å². The van der Waals surface area contributed by atoms with Crippen molar-refractivity contribution in [3.8, 4) is 0 Å². The van der Waals surface area contributed by atoms with Crippen LogP contribution in [0.1, 0.15) is 31.9 Å². The molecule has 1 aliphatic rings. The van der Waals surface area contributed by atoms with Gasteiger partial charge in [0, 0.05) is 5.57 Å². The van der Waals surface area contributed by atoms with E-state index in [1.807, 2.05) is 12.1 Å². The zero-order chi connectivity index (χ0) is 14.6. The standard InChI is InChI=1S/C17H24FNO.ClH/c1-17(2,3)16-6-4-14(5-7-16)15(12-18)13-19-8-10-20-11-9-19;/h4-7,12H,8-11,13H2,1-3H3;1H/b15-12-;. The zero-order valence-electron chi connectivity index (χ0n) is 13.1. The largest absolute Gasteiger partial charge is 1.00 e. The van der Waals surface area contributed by atoms with Gasteiger partial charge in [0.15, 0.2) is 0 Å². The second-order valence-corrected chi connectivity index (χ2v) is 6.50. The first kappa shape index (κ1) is 18.1. The number of nitrogens with one attached hydrogen (secondary N) is 1. The summed E-state index contributed by atoms with van der Waals surface area (Å²) in [5.74, 6) is 0. The lowest BCUT2D eigenvalue weighted by molar-refractivity contribution is -0.900. The third-order valence-electron chi connectivity index (χ3n) is 3.89. The van der Waals surface area contributed by atoms with Crippen molar-refractivity contribution in [2.24, 2.45) is 0 Å². The molecule has 4 heteroatoms. The Balaban J connectivity index is 0.00000220. The average molecular weight is 314 g/mol. The molecule has 1 aromatic carbocycles. The molecule has 1 aromatic rings. The minimum absolute atomic E-state index is 0. The predicted octanol–water partition coefficient (Wildman–Crippen LogP) is -0.786. The minimum atomic E-state index is 0. The minimum Gasteiger partial charge on any atom is -1.00 e. The molecule has 0 unspecified atom stereocenters. The molecule has 0 amide bonds. The van der Waals surface area contributed by atoms with E-state index in [-0.39, 0.29) is 17.8 Å². The maximum atomic E-state index is 13.2. The Morgan fingerprint density at radius 3 is 2.24 bits per heavy atom. The van der Waals surface area contributed by atoms with Crippen LogP contribution in [0, 0.1) is 0 Å². The van der Waals surface area contributed by atoms with Gasteiger partial charge in [0.05, 0.1) is 19.5 Å². The smallest absolute Gasteiger partial charge is 0.106 e. The third-order valence-corrected chi connectivity index (χ3v) is 3.89. The first-order valence-electron chi connectivity index (χ1n) is 7.32. The van der Waals surface area contributed by atoms with Gasteiger partial charge in [0.1, 0.15) is 19.6 Å². The summed E-state index contributed by atoms with van der Waals surface area (Å²) >= 11 is 0. The van der Waals surface area contributed by atoms with E-state index in [1.54, 1.807) is 0 Å². The number of morpholine rings is 1. The average Bonchev–Trinajstić information content (AvgIpc) is 2.45. The summed E-state index contributed by atoms with van der Waals surface area (Å²) in [6.45, 7) is 10.8. The van der Waals surface area contributed by atoms with Gasteiger partial charge in [-0.1, -0.05) is 45.0 Å². The molecule has 1 N–H and O–H groups in total. The third kappa shape index (κ3) is 5.10. The molecular formula is C17H25ClFNO. The quantitative estimate of drug-likeness (QED) is 0.772. The summed E-state index contributed by atoms with van der Waals surface area (Å²) in [7, 11) is 0. The van der Waals surface area contributed by atoms with E-state index in [2.05, 4.69) is 32.9 Å². The van der Waals surface area contributed by atoms with E-state index in [1.165, 1.54) is 10.5 Å². The van der Waals surface area contributed by atoms with Gasteiger partial charge in [-0.25, -0.2) is 4.39 Å². The van der Waals surface area contributed by atoms with Crippen LogP contribution in [-0.4, -0.2) is 32.8 Å². The van der Waals surface area contributed by atoms with Gasteiger partial charge < -0.3 is 22.0 Å². The molecule has 0 aliphatic carbocycles. The van der Waals surface area contributed by atoms with Crippen molar-refractivity contribution in [1.29, 1.82) is 0 Å². The summed E-state index contributed by atoms with van der Waals surface area (Å²) in [6.07, 6.45) is 0.758. The zero-order valence-corrected chi connectivity index (χ0v) is 13.8. The van der Waals surface area contributed by atoms with Gasteiger partial charge in [-0.3, -0.25) is 0 Å². The molecule has 0 bridgehead atoms. The van der Waals surface area contributed by atoms with Gasteiger partial charge in [-0.15, -0.1) is 0 Å². The predicted molar refractivity (Wildman–Crippen MR) is 80.6 cm³/mol. The van der Waals surface area contributed by atoms with Gasteiger partial charge in [0.2, 0.25) is 0 Å². The van der Waals surface area contributed by atoms with Crippen molar-refractivity contribution in [1.82, 2.24) is 0 Å². The van der Waals surface area contributed by atoms with Crippen LogP contribution in [0.4, 0.5) is 4.39 Å². The van der Waals surface area contributed by atoms with Crippen LogP contribution in [0.3, 0.4) is 0 Å². The maximum absolute atomic E-state index is 13.2. The van der Waals surface area contributed by atoms with E-state index in [4.69, 9.17) is 4.74 Å². The molecule has 1 saturated heterocycles. The lowest BCUT2D eigenvalue weighted by atomic mass is 9.86. The Morgan fingerprint density at radius 1 is 1.19 bits per heavy atom. The lowest BCUT2D eigenvalue weighted by Crippen LogP contribution is -3.14. The van der Waals surface area contributed by atoms with Gasteiger partial charge in [0.25, 0.3) is 0 Å². The highest BCUT2D eigenvalue weighted by Crippen LogP contribution is 2.24. The highest BCUT2D eigenvalue weighted by molar-refractivity contribution is 5.65. The molecule has 0 atom stereocenters. The van der Waals surface area contributed by atoms with E-state index < -0.39 is 0 Å². The maximum Gasteiger partial charge on any atom is 0.106 e. The van der Waals surface area contributed by atoms with E-state index in [0.29, 0.717) is 0 Å². The van der Waals surface area contributed by atoms with Crippen LogP contribution in [0.2, 0.25) is 0 Å². The Morgan fingerprint density at radius 2 is 1.76 bits per heavy atom. The second-order valence-electron chi connectivity index (χ2n) is 6.50. The monoisotopic (exact) mass is 313 g/mol. The summed E-state index contributed by atoms with van der Waals surface area (Å²) in [5.41, 5.74) is 3.17. The van der Waals surface area contributed by atoms with Gasteiger partial charge >= 0.3 is 0 Å². The normalized spacial score (nSPS) is 17.4. The Bertz CT molecular complexity index is 459. The van der Waals surface area contributed by atoms with Crippen LogP contribution in [-0.2, 0) is 10.2 Å². The molecular weight excluding hydrogens is 289 g/mol. The molecule has 1 fully saturated rings. The Hall–Kier alpha value is -0.900. The van der Waals surface area contributed by atoms with Crippen molar-refractivity contribution in [3.05, 3.63) is 41.7 Å². The molecule has 1 heterocycles. The van der Waals surface area contributed by atoms with Crippen LogP contribution >= 0.6 is 0 Å². The summed E-state index contributed by atoms with van der Waals surface area (Å²) in [5, 5.41) is 0. The topological polar surface area (TPSA) is 13.7 Å². The van der Waals surface area contributed by atoms with Crippen LogP contribution in [0.5, 0.6) is 0 Å². The summed E-state index contributed by atoms with van der Waals surface area (Å²) in [4.78, 5) is 1.39. The van der Waals surface area contributed by atoms with E-state index in [9.17, 15) is 4.39 Å². The number of hydrogen-bond donors (Lipinski definition) is 1. The van der Waals surface area contributed by atoms with Crippen molar-refractivity contribution in [2.45, 2.75) is 26.2 Å². The highest BCUT2D eigenvalue weighted by atomic mass is 35.5. The Labute approximate surface area is 133 Å². The molecule has 2 nitrogen and oxygen atoms in total. The molecule has 1 aliphatic heterocycles. The fourth-order valence-corrected chi connectivity index (χ4v) is 2.49. The Kier molecular flexibility index (Phi) is 6.85. The molecule has 21 heavy (non-hydrogen) atoms. The number of ether oxygens (including phenoxy) is 1. The molecule has 0 saturated carbocycles. The van der Waals surface area contributed by atoms with E-state index >= 15 is 0 Å². The van der Waals surface area contributed by atoms with Crippen molar-refractivity contribution >= 4 is 5.57 Å². The number of rotatable bonds is 3. The van der Waals surface area contributed by atoms with Crippen LogP contribution < -0.4 is 17.3 Å². The molecule has 118 valence electrons. The summed E-state index contributed by atoms with van der Waals surface area (Å²) in [6, 6.07) is 8.28. The second kappa shape index (κ2) is 7.92. The number of quaternary nitrogens is 1. The van der Waals surface area contributed by atoms with Crippen molar-refractivity contribution in [2.75, 3.05) is 32.8 Å². The fourth-order valence-electron chi connectivity index (χ4n) is 2.49. The fraction of sp³-hybridized carbons (Fsp3) is 0.529. The molecule has 0 spiro atoms. The first-order valence-corrected chi connectivity index (χ1v) is 7.32. The van der Waals surface area contributed by atoms with Gasteiger partial charge in [-0.2, -0.15) is 0 Å². The van der Waals surface area contributed by atoms with Crippen LogP contribution in [0.25, 0.3) is 5.57 Å². The van der Waals surface area contributed by atoms with E-state index in [0.717, 1.165) is 50.3 Å². The number of benzene rings is 1. The van der Waals surface area contributed by atoms with Crippen LogP contribution in [0.15, 0.2) is 30.6 Å². The highest BCUT2D eigenvalue weighted by Gasteiger charge is 2.18. The van der Waals surface area contributed by atoms with Crippen molar-refractivity contribution in [3.63, 3.8) is 0 Å².